The van der Waals surface area contributed by atoms with Crippen molar-refractivity contribution in [3.05, 3.63) is 17.5 Å². The second kappa shape index (κ2) is 5.29. The maximum Gasteiger partial charge on any atom is 0.325 e. The molecule has 1 rings (SSSR count). The van der Waals surface area contributed by atoms with E-state index in [1.165, 1.54) is 12.0 Å². The second-order valence-corrected chi connectivity index (χ2v) is 3.33. The molecule has 0 aromatic carbocycles. The third-order valence-electron chi connectivity index (χ3n) is 2.14. The van der Waals surface area contributed by atoms with Gasteiger partial charge in [0.2, 0.25) is 0 Å². The van der Waals surface area contributed by atoms with Gasteiger partial charge in [-0.1, -0.05) is 0 Å². The van der Waals surface area contributed by atoms with Crippen LogP contribution in [0.2, 0.25) is 0 Å². The SMILES string of the molecule is CCN(CC(=O)OC)C(=O)c1cc(C)[nH]n1. The number of hydrogen-bond acceptors (Lipinski definition) is 4. The Balaban J connectivity index is 2.73. The number of ether oxygens (including phenoxy) is 1. The lowest BCUT2D eigenvalue weighted by molar-refractivity contribution is -0.141. The van der Waals surface area contributed by atoms with Crippen molar-refractivity contribution in [2.75, 3.05) is 20.2 Å². The molecule has 0 spiro atoms. The van der Waals surface area contributed by atoms with E-state index in [-0.39, 0.29) is 12.5 Å². The van der Waals surface area contributed by atoms with Crippen molar-refractivity contribution in [3.63, 3.8) is 0 Å². The van der Waals surface area contributed by atoms with E-state index >= 15 is 0 Å². The van der Waals surface area contributed by atoms with Gasteiger partial charge in [-0.05, 0) is 19.9 Å². The van der Waals surface area contributed by atoms with Gasteiger partial charge in [0, 0.05) is 12.2 Å². The Morgan fingerprint density at radius 1 is 1.56 bits per heavy atom. The first kappa shape index (κ1) is 12.2. The molecule has 0 atom stereocenters. The largest absolute Gasteiger partial charge is 0.468 e. The van der Waals surface area contributed by atoms with Crippen LogP contribution in [0.4, 0.5) is 0 Å². The highest BCUT2D eigenvalue weighted by atomic mass is 16.5. The minimum absolute atomic E-state index is 0.0578. The van der Waals surface area contributed by atoms with Crippen LogP contribution in [0.5, 0.6) is 0 Å². The van der Waals surface area contributed by atoms with Gasteiger partial charge in [0.15, 0.2) is 0 Å². The number of nitrogens with one attached hydrogen (secondary N) is 1. The molecule has 0 saturated carbocycles. The van der Waals surface area contributed by atoms with Crippen LogP contribution in [0, 0.1) is 6.92 Å². The quantitative estimate of drug-likeness (QED) is 0.750. The molecule has 1 N–H and O–H groups in total. The standard InChI is InChI=1S/C10H15N3O3/c1-4-13(6-9(14)16-3)10(15)8-5-7(2)11-12-8/h5H,4,6H2,1-3H3,(H,11,12). The van der Waals surface area contributed by atoms with Gasteiger partial charge < -0.3 is 9.64 Å². The summed E-state index contributed by atoms with van der Waals surface area (Å²) in [5, 5.41) is 6.53. The predicted molar refractivity (Wildman–Crippen MR) is 56.9 cm³/mol. The molecule has 0 fully saturated rings. The Morgan fingerprint density at radius 3 is 2.69 bits per heavy atom. The third kappa shape index (κ3) is 2.82. The monoisotopic (exact) mass is 225 g/mol. The van der Waals surface area contributed by atoms with Gasteiger partial charge >= 0.3 is 5.97 Å². The number of H-pyrrole nitrogens is 1. The van der Waals surface area contributed by atoms with Crippen LogP contribution in [0.15, 0.2) is 6.07 Å². The number of methoxy groups -OCH3 is 1. The zero-order valence-electron chi connectivity index (χ0n) is 9.61. The zero-order chi connectivity index (χ0) is 12.1. The van der Waals surface area contributed by atoms with E-state index in [0.29, 0.717) is 12.2 Å². The van der Waals surface area contributed by atoms with Crippen molar-refractivity contribution >= 4 is 11.9 Å². The molecule has 6 nitrogen and oxygen atoms in total. The van der Waals surface area contributed by atoms with Crippen molar-refractivity contribution in [2.24, 2.45) is 0 Å². The fourth-order valence-electron chi connectivity index (χ4n) is 1.24. The number of amides is 1. The number of carbonyl (C=O) groups is 2. The lowest BCUT2D eigenvalue weighted by atomic mass is 10.3. The van der Waals surface area contributed by atoms with E-state index in [4.69, 9.17) is 0 Å². The Labute approximate surface area is 93.6 Å². The minimum atomic E-state index is -0.442. The molecule has 1 aromatic heterocycles. The molecule has 88 valence electrons. The lowest BCUT2D eigenvalue weighted by Crippen LogP contribution is -2.36. The van der Waals surface area contributed by atoms with Crippen LogP contribution < -0.4 is 0 Å². The number of aromatic nitrogens is 2. The van der Waals surface area contributed by atoms with Crippen LogP contribution in [0.1, 0.15) is 23.1 Å². The Morgan fingerprint density at radius 2 is 2.25 bits per heavy atom. The summed E-state index contributed by atoms with van der Waals surface area (Å²) in [4.78, 5) is 24.3. The van der Waals surface area contributed by atoms with Crippen molar-refractivity contribution in [1.29, 1.82) is 0 Å². The first-order valence-electron chi connectivity index (χ1n) is 4.96. The highest BCUT2D eigenvalue weighted by Gasteiger charge is 2.19. The summed E-state index contributed by atoms with van der Waals surface area (Å²) in [5.74, 6) is -0.722. The molecule has 6 heteroatoms. The molecule has 16 heavy (non-hydrogen) atoms. The smallest absolute Gasteiger partial charge is 0.325 e. The van der Waals surface area contributed by atoms with Gasteiger partial charge in [-0.15, -0.1) is 0 Å². The Bertz CT molecular complexity index is 386. The van der Waals surface area contributed by atoms with Gasteiger partial charge in [0.05, 0.1) is 7.11 Å². The highest BCUT2D eigenvalue weighted by molar-refractivity contribution is 5.94. The number of likely N-dealkylation sites (N-methyl/N-ethyl adjacent to an activating group) is 1. The van der Waals surface area contributed by atoms with E-state index in [1.54, 1.807) is 19.9 Å². The molecule has 0 bridgehead atoms. The maximum absolute atomic E-state index is 11.9. The van der Waals surface area contributed by atoms with Gasteiger partial charge in [-0.3, -0.25) is 14.7 Å². The first-order chi connectivity index (χ1) is 7.58. The molecule has 0 unspecified atom stereocenters. The molecule has 1 heterocycles. The van der Waals surface area contributed by atoms with Gasteiger partial charge in [0.25, 0.3) is 5.91 Å². The first-order valence-corrected chi connectivity index (χ1v) is 4.96. The van der Waals surface area contributed by atoms with Crippen molar-refractivity contribution in [3.8, 4) is 0 Å². The minimum Gasteiger partial charge on any atom is -0.468 e. The highest BCUT2D eigenvalue weighted by Crippen LogP contribution is 2.03. The molecule has 1 amide bonds. The summed E-state index contributed by atoms with van der Waals surface area (Å²) in [6, 6.07) is 1.64. The number of aryl methyl sites for hydroxylation is 1. The molecule has 1 aromatic rings. The van der Waals surface area contributed by atoms with Crippen molar-refractivity contribution < 1.29 is 14.3 Å². The molecule has 0 aliphatic heterocycles. The third-order valence-corrected chi connectivity index (χ3v) is 2.14. The van der Waals surface area contributed by atoms with Crippen LogP contribution in [0.25, 0.3) is 0 Å². The summed E-state index contributed by atoms with van der Waals surface area (Å²) in [7, 11) is 1.29. The van der Waals surface area contributed by atoms with Crippen LogP contribution in [-0.4, -0.2) is 47.2 Å². The average Bonchev–Trinajstić information content (AvgIpc) is 2.71. The fourth-order valence-corrected chi connectivity index (χ4v) is 1.24. The molecular weight excluding hydrogens is 210 g/mol. The number of carbonyl (C=O) groups excluding carboxylic acids is 2. The number of rotatable bonds is 4. The average molecular weight is 225 g/mol. The molecule has 0 aliphatic carbocycles. The molecule has 0 aliphatic rings. The number of esters is 1. The summed E-state index contributed by atoms with van der Waals surface area (Å²) < 4.78 is 4.51. The molecular formula is C10H15N3O3. The predicted octanol–water partition coefficient (Wildman–Crippen LogP) is 0.353. The van der Waals surface area contributed by atoms with Gasteiger partial charge in [-0.2, -0.15) is 5.10 Å². The van der Waals surface area contributed by atoms with Gasteiger partial charge in [-0.25, -0.2) is 0 Å². The summed E-state index contributed by atoms with van der Waals surface area (Å²) in [6.07, 6.45) is 0. The number of aromatic amines is 1. The van der Waals surface area contributed by atoms with Crippen LogP contribution >= 0.6 is 0 Å². The maximum atomic E-state index is 11.9. The molecule has 0 radical (unpaired) electrons. The van der Waals surface area contributed by atoms with Crippen LogP contribution in [0.3, 0.4) is 0 Å². The van der Waals surface area contributed by atoms with E-state index in [2.05, 4.69) is 14.9 Å². The fraction of sp³-hybridized carbons (Fsp3) is 0.500. The van der Waals surface area contributed by atoms with Crippen molar-refractivity contribution in [1.82, 2.24) is 15.1 Å². The topological polar surface area (TPSA) is 75.3 Å². The Hall–Kier alpha value is -1.85. The number of hydrogen-bond donors (Lipinski definition) is 1. The number of nitrogens with zero attached hydrogens (tertiary/aromatic N) is 2. The van der Waals surface area contributed by atoms with E-state index in [1.807, 2.05) is 0 Å². The van der Waals surface area contributed by atoms with Crippen LogP contribution in [-0.2, 0) is 9.53 Å². The summed E-state index contributed by atoms with van der Waals surface area (Å²) in [6.45, 7) is 3.97. The van der Waals surface area contributed by atoms with Crippen molar-refractivity contribution in [2.45, 2.75) is 13.8 Å². The van der Waals surface area contributed by atoms with Gasteiger partial charge in [0.1, 0.15) is 12.2 Å². The Kier molecular flexibility index (Phi) is 4.04. The lowest BCUT2D eigenvalue weighted by Gasteiger charge is -2.17. The van der Waals surface area contributed by atoms with E-state index in [9.17, 15) is 9.59 Å². The zero-order valence-corrected chi connectivity index (χ0v) is 9.61. The van der Waals surface area contributed by atoms with E-state index in [0.717, 1.165) is 5.69 Å². The van der Waals surface area contributed by atoms with E-state index < -0.39 is 5.97 Å². The summed E-state index contributed by atoms with van der Waals surface area (Å²) >= 11 is 0. The second-order valence-electron chi connectivity index (χ2n) is 3.33. The molecule has 0 saturated heterocycles. The summed E-state index contributed by atoms with van der Waals surface area (Å²) in [5.41, 5.74) is 1.11. The normalized spacial score (nSPS) is 9.94.